The summed E-state index contributed by atoms with van der Waals surface area (Å²) in [5, 5.41) is 12.3. The van der Waals surface area contributed by atoms with Crippen molar-refractivity contribution in [3.8, 4) is 11.8 Å². The molecule has 2 aromatic carbocycles. The van der Waals surface area contributed by atoms with Gasteiger partial charge >= 0.3 is 0 Å². The first-order valence-corrected chi connectivity index (χ1v) is 9.82. The highest BCUT2D eigenvalue weighted by Crippen LogP contribution is 2.24. The standard InChI is InChI=1S/C21H16N4O3S/c1-29-21-23-10-9-18(24-21)19(25-27)20(26)16-3-2-4-17(11-16)28-13-15-7-5-14(12-22)6-8-15/h2-11,19H,13H2,1H3. The SMILES string of the molecule is CSc1nccc(C(N=O)C(=O)c2cccc(OCc3ccc(C#N)cc3)c2)n1. The van der Waals surface area contributed by atoms with Crippen LogP contribution in [-0.2, 0) is 6.61 Å². The average molecular weight is 404 g/mol. The Hall–Kier alpha value is -3.57. The molecular weight excluding hydrogens is 388 g/mol. The van der Waals surface area contributed by atoms with E-state index in [0.717, 1.165) is 5.56 Å². The molecule has 0 saturated heterocycles. The highest BCUT2D eigenvalue weighted by atomic mass is 32.2. The van der Waals surface area contributed by atoms with Gasteiger partial charge in [0.25, 0.3) is 0 Å². The van der Waals surface area contributed by atoms with Gasteiger partial charge in [0.2, 0.25) is 0 Å². The topological polar surface area (TPSA) is 105 Å². The number of nitroso groups, excluding NO2 is 1. The normalized spacial score (nSPS) is 11.3. The van der Waals surface area contributed by atoms with Gasteiger partial charge in [0.15, 0.2) is 17.0 Å². The van der Waals surface area contributed by atoms with Crippen molar-refractivity contribution < 1.29 is 9.53 Å². The van der Waals surface area contributed by atoms with Gasteiger partial charge in [-0.2, -0.15) is 5.26 Å². The van der Waals surface area contributed by atoms with Crippen LogP contribution in [0.3, 0.4) is 0 Å². The van der Waals surface area contributed by atoms with E-state index < -0.39 is 11.8 Å². The molecule has 0 N–H and O–H groups in total. The second-order valence-corrected chi connectivity index (χ2v) is 6.74. The largest absolute Gasteiger partial charge is 0.489 e. The first-order valence-electron chi connectivity index (χ1n) is 8.60. The van der Waals surface area contributed by atoms with Gasteiger partial charge in [0, 0.05) is 11.8 Å². The number of ketones is 1. The number of hydrogen-bond donors (Lipinski definition) is 0. The fourth-order valence-corrected chi connectivity index (χ4v) is 2.94. The molecule has 0 saturated carbocycles. The summed E-state index contributed by atoms with van der Waals surface area (Å²) < 4.78 is 5.74. The molecule has 1 unspecified atom stereocenters. The predicted octanol–water partition coefficient (Wildman–Crippen LogP) is 4.34. The van der Waals surface area contributed by atoms with Crippen LogP contribution in [0, 0.1) is 16.2 Å². The van der Waals surface area contributed by atoms with Gasteiger partial charge in [-0.3, -0.25) is 4.79 Å². The van der Waals surface area contributed by atoms with Gasteiger partial charge < -0.3 is 4.74 Å². The van der Waals surface area contributed by atoms with Crippen molar-refractivity contribution in [3.05, 3.63) is 88.1 Å². The Balaban J connectivity index is 1.75. The summed E-state index contributed by atoms with van der Waals surface area (Å²) in [7, 11) is 0. The first kappa shape index (κ1) is 20.2. The molecule has 0 aliphatic carbocycles. The Morgan fingerprint density at radius 2 is 2.03 bits per heavy atom. The third-order valence-corrected chi connectivity index (χ3v) is 4.64. The summed E-state index contributed by atoms with van der Waals surface area (Å²) in [6.45, 7) is 0.279. The third kappa shape index (κ3) is 5.03. The average Bonchev–Trinajstić information content (AvgIpc) is 2.79. The molecule has 29 heavy (non-hydrogen) atoms. The van der Waals surface area contributed by atoms with Gasteiger partial charge in [-0.15, -0.1) is 4.91 Å². The summed E-state index contributed by atoms with van der Waals surface area (Å²) in [4.78, 5) is 32.4. The van der Waals surface area contributed by atoms with E-state index in [1.807, 2.05) is 0 Å². The molecule has 0 radical (unpaired) electrons. The van der Waals surface area contributed by atoms with E-state index in [1.54, 1.807) is 54.8 Å². The van der Waals surface area contributed by atoms with Crippen molar-refractivity contribution in [1.82, 2.24) is 9.97 Å². The highest BCUT2D eigenvalue weighted by Gasteiger charge is 2.25. The maximum atomic E-state index is 12.8. The van der Waals surface area contributed by atoms with E-state index in [9.17, 15) is 9.70 Å². The second kappa shape index (κ2) is 9.57. The molecule has 0 amide bonds. The van der Waals surface area contributed by atoms with Crippen LogP contribution >= 0.6 is 11.8 Å². The van der Waals surface area contributed by atoms with Crippen molar-refractivity contribution in [1.29, 1.82) is 5.26 Å². The Morgan fingerprint density at radius 3 is 2.72 bits per heavy atom. The fraction of sp³-hybridized carbons (Fsp3) is 0.143. The molecule has 3 rings (SSSR count). The number of Topliss-reactive ketones (excluding diaryl/α,β-unsaturated/α-hetero) is 1. The highest BCUT2D eigenvalue weighted by molar-refractivity contribution is 7.98. The molecule has 1 atom stereocenters. The van der Waals surface area contributed by atoms with Crippen LogP contribution in [0.2, 0.25) is 0 Å². The molecule has 0 spiro atoms. The lowest BCUT2D eigenvalue weighted by Gasteiger charge is -2.11. The maximum absolute atomic E-state index is 12.8. The van der Waals surface area contributed by atoms with Crippen LogP contribution in [0.15, 0.2) is 71.1 Å². The zero-order valence-electron chi connectivity index (χ0n) is 15.5. The van der Waals surface area contributed by atoms with Crippen LogP contribution < -0.4 is 4.74 Å². The number of hydrogen-bond acceptors (Lipinski definition) is 8. The molecule has 0 bridgehead atoms. The summed E-state index contributed by atoms with van der Waals surface area (Å²) in [5.41, 5.74) is 2.02. The Labute approximate surface area is 171 Å². The van der Waals surface area contributed by atoms with E-state index in [0.29, 0.717) is 22.0 Å². The number of carbonyl (C=O) groups excluding carboxylic acids is 1. The van der Waals surface area contributed by atoms with E-state index in [4.69, 9.17) is 10.00 Å². The van der Waals surface area contributed by atoms with Gasteiger partial charge in [0.05, 0.1) is 17.3 Å². The molecule has 0 aliphatic rings. The first-order chi connectivity index (χ1) is 14.1. The number of thioether (sulfide) groups is 1. The molecule has 144 valence electrons. The van der Waals surface area contributed by atoms with Gasteiger partial charge in [-0.1, -0.05) is 41.2 Å². The zero-order valence-corrected chi connectivity index (χ0v) is 16.3. The lowest BCUT2D eigenvalue weighted by atomic mass is 10.0. The minimum absolute atomic E-state index is 0.258. The van der Waals surface area contributed by atoms with E-state index >= 15 is 0 Å². The van der Waals surface area contributed by atoms with Crippen molar-refractivity contribution in [3.63, 3.8) is 0 Å². The zero-order chi connectivity index (χ0) is 20.6. The third-order valence-electron chi connectivity index (χ3n) is 4.08. The second-order valence-electron chi connectivity index (χ2n) is 5.97. The van der Waals surface area contributed by atoms with E-state index in [1.165, 1.54) is 24.0 Å². The molecule has 1 heterocycles. The maximum Gasteiger partial charge on any atom is 0.197 e. The number of benzene rings is 2. The molecule has 8 heteroatoms. The van der Waals surface area contributed by atoms with Gasteiger partial charge in [0.1, 0.15) is 12.4 Å². The van der Waals surface area contributed by atoms with Gasteiger partial charge in [-0.25, -0.2) is 9.97 Å². The molecule has 0 aliphatic heterocycles. The molecule has 1 aromatic heterocycles. The number of aromatic nitrogens is 2. The van der Waals surface area contributed by atoms with Crippen LogP contribution in [0.1, 0.15) is 33.2 Å². The fourth-order valence-electron chi connectivity index (χ4n) is 2.58. The van der Waals surface area contributed by atoms with Crippen molar-refractivity contribution in [2.24, 2.45) is 5.18 Å². The predicted molar refractivity (Wildman–Crippen MR) is 109 cm³/mol. The number of nitrogens with zero attached hydrogens (tertiary/aromatic N) is 4. The smallest absolute Gasteiger partial charge is 0.197 e. The lowest BCUT2D eigenvalue weighted by molar-refractivity contribution is 0.0959. The molecule has 3 aromatic rings. The quantitative estimate of drug-likeness (QED) is 0.238. The minimum atomic E-state index is -1.25. The summed E-state index contributed by atoms with van der Waals surface area (Å²) in [6, 6.07) is 15.9. The van der Waals surface area contributed by atoms with E-state index in [-0.39, 0.29) is 12.3 Å². The number of ether oxygens (including phenoxy) is 1. The van der Waals surface area contributed by atoms with Gasteiger partial charge in [-0.05, 0) is 42.2 Å². The van der Waals surface area contributed by atoms with Crippen LogP contribution in [-0.4, -0.2) is 22.0 Å². The monoisotopic (exact) mass is 404 g/mol. The lowest BCUT2D eigenvalue weighted by Crippen LogP contribution is -2.13. The summed E-state index contributed by atoms with van der Waals surface area (Å²) >= 11 is 1.31. The molecular formula is C21H16N4O3S. The van der Waals surface area contributed by atoms with E-state index in [2.05, 4.69) is 21.2 Å². The molecule has 0 fully saturated rings. The van der Waals surface area contributed by atoms with Crippen molar-refractivity contribution >= 4 is 17.5 Å². The van der Waals surface area contributed by atoms with Crippen LogP contribution in [0.5, 0.6) is 5.75 Å². The number of rotatable bonds is 8. The van der Waals surface area contributed by atoms with Crippen molar-refractivity contribution in [2.45, 2.75) is 17.8 Å². The van der Waals surface area contributed by atoms with Crippen LogP contribution in [0.25, 0.3) is 0 Å². The number of nitriles is 1. The van der Waals surface area contributed by atoms with Crippen LogP contribution in [0.4, 0.5) is 0 Å². The Bertz CT molecular complexity index is 1060. The molecule has 7 nitrogen and oxygen atoms in total. The minimum Gasteiger partial charge on any atom is -0.489 e. The summed E-state index contributed by atoms with van der Waals surface area (Å²) in [6.07, 6.45) is 3.30. The Kier molecular flexibility index (Phi) is 6.66. The summed E-state index contributed by atoms with van der Waals surface area (Å²) in [5.74, 6) is 0.0203. The van der Waals surface area contributed by atoms with Crippen molar-refractivity contribution in [2.75, 3.05) is 6.26 Å². The Morgan fingerprint density at radius 1 is 1.24 bits per heavy atom. The number of carbonyl (C=O) groups is 1.